The van der Waals surface area contributed by atoms with Crippen molar-refractivity contribution in [3.05, 3.63) is 48.0 Å². The molecule has 17 heavy (non-hydrogen) atoms. The SMILES string of the molecule is C=C1CC(C(=O)O)N(Cc2ccccc2)C1=O. The minimum atomic E-state index is -0.979. The minimum absolute atomic E-state index is 0.209. The summed E-state index contributed by atoms with van der Waals surface area (Å²) in [6.07, 6.45) is 0.209. The lowest BCUT2D eigenvalue weighted by Crippen LogP contribution is -2.37. The van der Waals surface area contributed by atoms with Crippen molar-refractivity contribution in [1.29, 1.82) is 0 Å². The van der Waals surface area contributed by atoms with E-state index in [0.717, 1.165) is 5.56 Å². The number of nitrogens with zero attached hydrogens (tertiary/aromatic N) is 1. The second-order valence-corrected chi connectivity index (χ2v) is 4.08. The Hall–Kier alpha value is -2.10. The number of carboxylic acids is 1. The first-order chi connectivity index (χ1) is 8.09. The average molecular weight is 231 g/mol. The molecule has 1 N–H and O–H groups in total. The molecule has 0 aliphatic carbocycles. The predicted octanol–water partition coefficient (Wildman–Crippen LogP) is 1.43. The Morgan fingerprint density at radius 1 is 1.41 bits per heavy atom. The zero-order chi connectivity index (χ0) is 12.4. The lowest BCUT2D eigenvalue weighted by atomic mass is 10.1. The van der Waals surface area contributed by atoms with Crippen molar-refractivity contribution in [1.82, 2.24) is 4.90 Å². The smallest absolute Gasteiger partial charge is 0.326 e. The van der Waals surface area contributed by atoms with Crippen LogP contribution in [0.4, 0.5) is 0 Å². The third-order valence-corrected chi connectivity index (χ3v) is 2.86. The molecule has 2 rings (SSSR count). The number of aliphatic carboxylic acids is 1. The fourth-order valence-corrected chi connectivity index (χ4v) is 1.96. The van der Waals surface area contributed by atoms with Crippen LogP contribution in [0.3, 0.4) is 0 Å². The van der Waals surface area contributed by atoms with Crippen molar-refractivity contribution in [2.24, 2.45) is 0 Å². The summed E-state index contributed by atoms with van der Waals surface area (Å²) < 4.78 is 0. The van der Waals surface area contributed by atoms with E-state index in [1.54, 1.807) is 0 Å². The quantitative estimate of drug-likeness (QED) is 0.800. The number of amides is 1. The van der Waals surface area contributed by atoms with Gasteiger partial charge in [0.1, 0.15) is 6.04 Å². The van der Waals surface area contributed by atoms with Gasteiger partial charge in [-0.3, -0.25) is 4.79 Å². The summed E-state index contributed by atoms with van der Waals surface area (Å²) in [7, 11) is 0. The van der Waals surface area contributed by atoms with Gasteiger partial charge < -0.3 is 10.0 Å². The first-order valence-electron chi connectivity index (χ1n) is 5.35. The van der Waals surface area contributed by atoms with Crippen LogP contribution in [0.1, 0.15) is 12.0 Å². The summed E-state index contributed by atoms with van der Waals surface area (Å²) >= 11 is 0. The predicted molar refractivity (Wildman–Crippen MR) is 62.2 cm³/mol. The first kappa shape index (κ1) is 11.4. The fourth-order valence-electron chi connectivity index (χ4n) is 1.96. The second-order valence-electron chi connectivity index (χ2n) is 4.08. The monoisotopic (exact) mass is 231 g/mol. The van der Waals surface area contributed by atoms with Gasteiger partial charge in [-0.1, -0.05) is 36.9 Å². The Kier molecular flexibility index (Phi) is 2.95. The van der Waals surface area contributed by atoms with Crippen LogP contribution in [0.5, 0.6) is 0 Å². The molecule has 0 bridgehead atoms. The van der Waals surface area contributed by atoms with Crippen molar-refractivity contribution < 1.29 is 14.7 Å². The molecular formula is C13H13NO3. The number of benzene rings is 1. The maximum absolute atomic E-state index is 11.8. The molecule has 1 heterocycles. The summed E-state index contributed by atoms with van der Waals surface area (Å²) in [5.41, 5.74) is 1.29. The molecule has 0 saturated carbocycles. The zero-order valence-electron chi connectivity index (χ0n) is 9.30. The summed E-state index contributed by atoms with van der Waals surface area (Å²) in [5, 5.41) is 9.06. The van der Waals surface area contributed by atoms with Crippen molar-refractivity contribution in [2.45, 2.75) is 19.0 Å². The first-order valence-corrected chi connectivity index (χ1v) is 5.35. The molecule has 1 saturated heterocycles. The number of rotatable bonds is 3. The topological polar surface area (TPSA) is 57.6 Å². The Labute approximate surface area is 99.2 Å². The van der Waals surface area contributed by atoms with Crippen LogP contribution in [0.2, 0.25) is 0 Å². The van der Waals surface area contributed by atoms with Gasteiger partial charge in [-0.15, -0.1) is 0 Å². The van der Waals surface area contributed by atoms with Gasteiger partial charge >= 0.3 is 5.97 Å². The van der Waals surface area contributed by atoms with E-state index in [-0.39, 0.29) is 12.3 Å². The molecule has 88 valence electrons. The van der Waals surface area contributed by atoms with Gasteiger partial charge in [0.05, 0.1) is 0 Å². The molecule has 1 atom stereocenters. The highest BCUT2D eigenvalue weighted by molar-refractivity contribution is 5.99. The second kappa shape index (κ2) is 4.41. The third-order valence-electron chi connectivity index (χ3n) is 2.86. The molecule has 0 radical (unpaired) electrons. The fraction of sp³-hybridized carbons (Fsp3) is 0.231. The van der Waals surface area contributed by atoms with E-state index in [1.165, 1.54) is 4.90 Å². The molecule has 1 amide bonds. The maximum Gasteiger partial charge on any atom is 0.326 e. The van der Waals surface area contributed by atoms with Gasteiger partial charge in [-0.2, -0.15) is 0 Å². The van der Waals surface area contributed by atoms with Gasteiger partial charge in [0, 0.05) is 18.5 Å². The van der Waals surface area contributed by atoms with Gasteiger partial charge in [-0.25, -0.2) is 4.79 Å². The van der Waals surface area contributed by atoms with Crippen LogP contribution in [0.25, 0.3) is 0 Å². The Morgan fingerprint density at radius 2 is 2.06 bits per heavy atom. The standard InChI is InChI=1S/C13H13NO3/c1-9-7-11(13(16)17)14(12(9)15)8-10-5-3-2-4-6-10/h2-6,11H,1,7-8H2,(H,16,17). The van der Waals surface area contributed by atoms with E-state index < -0.39 is 12.0 Å². The molecule has 1 aromatic rings. The van der Waals surface area contributed by atoms with Gasteiger partial charge in [0.2, 0.25) is 5.91 Å². The Balaban J connectivity index is 2.21. The highest BCUT2D eigenvalue weighted by atomic mass is 16.4. The molecule has 0 spiro atoms. The van der Waals surface area contributed by atoms with E-state index in [9.17, 15) is 9.59 Å². The maximum atomic E-state index is 11.8. The molecule has 4 nitrogen and oxygen atoms in total. The summed E-state index contributed by atoms with van der Waals surface area (Å²) in [6, 6.07) is 8.56. The van der Waals surface area contributed by atoms with Crippen LogP contribution in [-0.2, 0) is 16.1 Å². The van der Waals surface area contributed by atoms with Crippen LogP contribution in [-0.4, -0.2) is 27.9 Å². The van der Waals surface area contributed by atoms with E-state index in [0.29, 0.717) is 12.1 Å². The lowest BCUT2D eigenvalue weighted by molar-refractivity contribution is -0.146. The number of hydrogen-bond donors (Lipinski definition) is 1. The Bertz CT molecular complexity index is 467. The van der Waals surface area contributed by atoms with E-state index in [1.807, 2.05) is 30.3 Å². The molecule has 1 aliphatic rings. The summed E-state index contributed by atoms with van der Waals surface area (Å²) in [6.45, 7) is 3.92. The highest BCUT2D eigenvalue weighted by Crippen LogP contribution is 2.24. The van der Waals surface area contributed by atoms with Gasteiger partial charge in [-0.05, 0) is 5.56 Å². The normalized spacial score (nSPS) is 19.8. The average Bonchev–Trinajstić information content (AvgIpc) is 2.59. The van der Waals surface area contributed by atoms with E-state index in [2.05, 4.69) is 6.58 Å². The number of likely N-dealkylation sites (tertiary alicyclic amines) is 1. The largest absolute Gasteiger partial charge is 0.480 e. The van der Waals surface area contributed by atoms with Crippen molar-refractivity contribution in [3.8, 4) is 0 Å². The lowest BCUT2D eigenvalue weighted by Gasteiger charge is -2.21. The molecule has 1 aliphatic heterocycles. The highest BCUT2D eigenvalue weighted by Gasteiger charge is 2.38. The zero-order valence-corrected chi connectivity index (χ0v) is 9.30. The molecule has 0 aromatic heterocycles. The molecule has 1 unspecified atom stereocenters. The van der Waals surface area contributed by atoms with Crippen molar-refractivity contribution >= 4 is 11.9 Å². The van der Waals surface area contributed by atoms with Crippen LogP contribution in [0.15, 0.2) is 42.5 Å². The molecule has 1 aromatic carbocycles. The van der Waals surface area contributed by atoms with Crippen molar-refractivity contribution in [2.75, 3.05) is 0 Å². The summed E-state index contributed by atoms with van der Waals surface area (Å²) in [4.78, 5) is 24.2. The van der Waals surface area contributed by atoms with Gasteiger partial charge in [0.25, 0.3) is 0 Å². The van der Waals surface area contributed by atoms with Crippen LogP contribution >= 0.6 is 0 Å². The molecular weight excluding hydrogens is 218 g/mol. The van der Waals surface area contributed by atoms with E-state index in [4.69, 9.17) is 5.11 Å². The minimum Gasteiger partial charge on any atom is -0.480 e. The van der Waals surface area contributed by atoms with Crippen LogP contribution in [0, 0.1) is 0 Å². The van der Waals surface area contributed by atoms with E-state index >= 15 is 0 Å². The Morgan fingerprint density at radius 3 is 2.65 bits per heavy atom. The molecule has 4 heteroatoms. The number of carbonyl (C=O) groups is 2. The van der Waals surface area contributed by atoms with Crippen LogP contribution < -0.4 is 0 Å². The van der Waals surface area contributed by atoms with Crippen molar-refractivity contribution in [3.63, 3.8) is 0 Å². The number of carboxylic acid groups (broad SMARTS) is 1. The number of hydrogen-bond acceptors (Lipinski definition) is 2. The third kappa shape index (κ3) is 2.20. The number of carbonyl (C=O) groups excluding carboxylic acids is 1. The summed E-state index contributed by atoms with van der Waals surface area (Å²) in [5.74, 6) is -1.24. The van der Waals surface area contributed by atoms with Gasteiger partial charge in [0.15, 0.2) is 0 Å². The molecule has 1 fully saturated rings.